The zero-order valence-electron chi connectivity index (χ0n) is 24.5. The van der Waals surface area contributed by atoms with Gasteiger partial charge in [-0.2, -0.15) is 0 Å². The lowest BCUT2D eigenvalue weighted by Gasteiger charge is -2.22. The minimum Gasteiger partial charge on any atom is -0.465 e. The number of ether oxygens (including phenoxy) is 1. The van der Waals surface area contributed by atoms with Gasteiger partial charge in [-0.3, -0.25) is 9.69 Å². The maximum Gasteiger partial charge on any atom is 0.323 e. The quantitative estimate of drug-likeness (QED) is 0.0647. The van der Waals surface area contributed by atoms with Gasteiger partial charge in [-0.25, -0.2) is 0 Å². The Morgan fingerprint density at radius 3 is 1.34 bits per heavy atom. The van der Waals surface area contributed by atoms with Crippen LogP contribution < -0.4 is 0 Å². The second kappa shape index (κ2) is 27.8. The van der Waals surface area contributed by atoms with Crippen molar-refractivity contribution >= 4 is 5.97 Å². The molecule has 1 atom stereocenters. The summed E-state index contributed by atoms with van der Waals surface area (Å²) in [6.07, 6.45) is 36.0. The molecule has 0 spiro atoms. The molecule has 1 unspecified atom stereocenters. The number of rotatable bonds is 27. The molecule has 3 nitrogen and oxygen atoms in total. The molecular weight excluding hydrogens is 430 g/mol. The molecule has 3 heteroatoms. The van der Waals surface area contributed by atoms with Gasteiger partial charge < -0.3 is 4.74 Å². The maximum absolute atomic E-state index is 12.0. The molecule has 0 saturated carbocycles. The van der Waals surface area contributed by atoms with Gasteiger partial charge in [0.2, 0.25) is 0 Å². The second-order valence-electron chi connectivity index (χ2n) is 10.8. The highest BCUT2D eigenvalue weighted by Gasteiger charge is 2.21. The topological polar surface area (TPSA) is 29.5 Å². The first-order valence-corrected chi connectivity index (χ1v) is 15.6. The first-order valence-electron chi connectivity index (χ1n) is 15.6. The molecular formula is C32H63NO2. The summed E-state index contributed by atoms with van der Waals surface area (Å²) in [7, 11) is 3.93. The van der Waals surface area contributed by atoms with Crippen molar-refractivity contribution < 1.29 is 9.53 Å². The van der Waals surface area contributed by atoms with Crippen LogP contribution in [0.1, 0.15) is 162 Å². The van der Waals surface area contributed by atoms with Crippen molar-refractivity contribution in [2.24, 2.45) is 0 Å². The minimum absolute atomic E-state index is 0.0745. The van der Waals surface area contributed by atoms with Crippen molar-refractivity contribution in [3.05, 3.63) is 12.2 Å². The number of hydrogen-bond acceptors (Lipinski definition) is 3. The molecule has 0 fully saturated rings. The van der Waals surface area contributed by atoms with Gasteiger partial charge in [0, 0.05) is 0 Å². The van der Waals surface area contributed by atoms with Gasteiger partial charge >= 0.3 is 5.97 Å². The third-order valence-electron chi connectivity index (χ3n) is 7.17. The SMILES string of the molecule is CCCCCCCCCCCCCCCCCC/C=C/CCCCCCC(C(=O)OCC)N(C)C. The largest absolute Gasteiger partial charge is 0.465 e. The molecule has 0 amide bonds. The summed E-state index contributed by atoms with van der Waals surface area (Å²) in [6, 6.07) is -0.0884. The van der Waals surface area contributed by atoms with E-state index in [-0.39, 0.29) is 12.0 Å². The Bertz CT molecular complexity index is 460. The van der Waals surface area contributed by atoms with Crippen LogP contribution in [0.3, 0.4) is 0 Å². The van der Waals surface area contributed by atoms with Crippen LogP contribution >= 0.6 is 0 Å². The highest BCUT2D eigenvalue weighted by molar-refractivity contribution is 5.75. The van der Waals surface area contributed by atoms with E-state index in [1.807, 2.05) is 25.9 Å². The number of allylic oxidation sites excluding steroid dienone is 2. The number of esters is 1. The Balaban J connectivity index is 3.31. The van der Waals surface area contributed by atoms with E-state index >= 15 is 0 Å². The molecule has 0 aromatic rings. The molecule has 0 aromatic carbocycles. The number of likely N-dealkylation sites (N-methyl/N-ethyl adjacent to an activating group) is 1. The van der Waals surface area contributed by atoms with Gasteiger partial charge in [0.05, 0.1) is 6.61 Å². The standard InChI is InChI=1S/C32H63NO2/c1-5-7-8-9-10-11-12-13-14-15-16-17-18-19-20-21-22-23-24-25-26-27-28-29-30-31(33(3)4)32(34)35-6-2/h23-24,31H,5-22,25-30H2,1-4H3/b24-23+. The van der Waals surface area contributed by atoms with Gasteiger partial charge in [-0.1, -0.05) is 135 Å². The molecule has 0 radical (unpaired) electrons. The van der Waals surface area contributed by atoms with E-state index in [0.29, 0.717) is 6.61 Å². The summed E-state index contributed by atoms with van der Waals surface area (Å²) in [4.78, 5) is 14.0. The van der Waals surface area contributed by atoms with Gasteiger partial charge in [-0.15, -0.1) is 0 Å². The van der Waals surface area contributed by atoms with Crippen LogP contribution in [0, 0.1) is 0 Å². The average molecular weight is 494 g/mol. The van der Waals surface area contributed by atoms with E-state index in [9.17, 15) is 4.79 Å². The number of unbranched alkanes of at least 4 members (excludes halogenated alkanes) is 20. The molecule has 208 valence electrons. The zero-order chi connectivity index (χ0) is 25.8. The van der Waals surface area contributed by atoms with E-state index < -0.39 is 0 Å². The van der Waals surface area contributed by atoms with Crippen LogP contribution in [0.25, 0.3) is 0 Å². The Labute approximate surface area is 220 Å². The lowest BCUT2D eigenvalue weighted by Crippen LogP contribution is -2.37. The highest BCUT2D eigenvalue weighted by atomic mass is 16.5. The van der Waals surface area contributed by atoms with E-state index in [1.165, 1.54) is 135 Å². The van der Waals surface area contributed by atoms with Gasteiger partial charge in [0.1, 0.15) is 6.04 Å². The average Bonchev–Trinajstić information content (AvgIpc) is 2.84. The monoisotopic (exact) mass is 493 g/mol. The van der Waals surface area contributed by atoms with Gasteiger partial charge in [-0.05, 0) is 53.1 Å². The van der Waals surface area contributed by atoms with E-state index in [1.54, 1.807) is 0 Å². The van der Waals surface area contributed by atoms with Crippen molar-refractivity contribution in [3.8, 4) is 0 Å². The van der Waals surface area contributed by atoms with E-state index in [4.69, 9.17) is 4.74 Å². The summed E-state index contributed by atoms with van der Waals surface area (Å²) in [5.41, 5.74) is 0. The van der Waals surface area contributed by atoms with Crippen LogP contribution in [-0.2, 0) is 9.53 Å². The number of carbonyl (C=O) groups excluding carboxylic acids is 1. The zero-order valence-corrected chi connectivity index (χ0v) is 24.5. The van der Waals surface area contributed by atoms with Crippen LogP contribution in [0.5, 0.6) is 0 Å². The third-order valence-corrected chi connectivity index (χ3v) is 7.17. The molecule has 0 aliphatic carbocycles. The Morgan fingerprint density at radius 2 is 0.971 bits per heavy atom. The molecule has 0 heterocycles. The maximum atomic E-state index is 12.0. The molecule has 0 bridgehead atoms. The summed E-state index contributed by atoms with van der Waals surface area (Å²) >= 11 is 0. The van der Waals surface area contributed by atoms with Crippen molar-refractivity contribution in [3.63, 3.8) is 0 Å². The first-order chi connectivity index (χ1) is 17.1. The van der Waals surface area contributed by atoms with Crippen LogP contribution in [-0.4, -0.2) is 37.6 Å². The minimum atomic E-state index is -0.0884. The fraction of sp³-hybridized carbons (Fsp3) is 0.906. The first kappa shape index (κ1) is 34.2. The van der Waals surface area contributed by atoms with Crippen LogP contribution in [0.4, 0.5) is 0 Å². The van der Waals surface area contributed by atoms with Crippen molar-refractivity contribution in [1.29, 1.82) is 0 Å². The van der Waals surface area contributed by atoms with E-state index in [0.717, 1.165) is 12.8 Å². The molecule has 0 saturated heterocycles. The molecule has 0 N–H and O–H groups in total. The fourth-order valence-electron chi connectivity index (χ4n) is 4.82. The summed E-state index contributed by atoms with van der Waals surface area (Å²) in [6.45, 7) is 4.64. The summed E-state index contributed by atoms with van der Waals surface area (Å²) in [5.74, 6) is -0.0745. The third kappa shape index (κ3) is 24.6. The Morgan fingerprint density at radius 1 is 0.600 bits per heavy atom. The van der Waals surface area contributed by atoms with Crippen LogP contribution in [0.2, 0.25) is 0 Å². The smallest absolute Gasteiger partial charge is 0.323 e. The summed E-state index contributed by atoms with van der Waals surface area (Å²) in [5, 5.41) is 0. The molecule has 0 aromatic heterocycles. The Kier molecular flexibility index (Phi) is 27.1. The Hall–Kier alpha value is -0.830. The van der Waals surface area contributed by atoms with Gasteiger partial charge in [0.25, 0.3) is 0 Å². The number of carbonyl (C=O) groups is 1. The summed E-state index contributed by atoms with van der Waals surface area (Å²) < 4.78 is 5.18. The van der Waals surface area contributed by atoms with Gasteiger partial charge in [0.15, 0.2) is 0 Å². The van der Waals surface area contributed by atoms with Crippen molar-refractivity contribution in [1.82, 2.24) is 4.90 Å². The van der Waals surface area contributed by atoms with E-state index in [2.05, 4.69) is 19.1 Å². The number of nitrogens with zero attached hydrogens (tertiary/aromatic N) is 1. The fourth-order valence-corrected chi connectivity index (χ4v) is 4.82. The van der Waals surface area contributed by atoms with Crippen molar-refractivity contribution in [2.75, 3.05) is 20.7 Å². The lowest BCUT2D eigenvalue weighted by molar-refractivity contribution is -0.148. The predicted molar refractivity (Wildman–Crippen MR) is 155 cm³/mol. The molecule has 0 rings (SSSR count). The normalized spacial score (nSPS) is 12.6. The molecule has 0 aliphatic heterocycles. The molecule has 0 aliphatic rings. The van der Waals surface area contributed by atoms with Crippen molar-refractivity contribution in [2.45, 2.75) is 168 Å². The molecule has 35 heavy (non-hydrogen) atoms. The second-order valence-corrected chi connectivity index (χ2v) is 10.8. The highest BCUT2D eigenvalue weighted by Crippen LogP contribution is 2.15. The predicted octanol–water partition coefficient (Wildman–Crippen LogP) is 10.0. The van der Waals surface area contributed by atoms with Crippen LogP contribution in [0.15, 0.2) is 12.2 Å². The number of hydrogen-bond donors (Lipinski definition) is 0. The lowest BCUT2D eigenvalue weighted by atomic mass is 10.0.